The second-order valence-corrected chi connectivity index (χ2v) is 3.96. The number of rotatable bonds is 2. The van der Waals surface area contributed by atoms with Crippen LogP contribution >= 0.6 is 0 Å². The zero-order valence-electron chi connectivity index (χ0n) is 10.1. The van der Waals surface area contributed by atoms with Crippen molar-refractivity contribution < 1.29 is 28.2 Å². The third-order valence-electron chi connectivity index (χ3n) is 2.52. The summed E-state index contributed by atoms with van der Waals surface area (Å²) < 4.78 is 38.2. The van der Waals surface area contributed by atoms with E-state index in [4.69, 9.17) is 5.11 Å². The number of hydrogen-bond acceptors (Lipinski definition) is 4. The predicted molar refractivity (Wildman–Crippen MR) is 61.2 cm³/mol. The summed E-state index contributed by atoms with van der Waals surface area (Å²) in [6.07, 6.45) is -4.63. The van der Waals surface area contributed by atoms with Gasteiger partial charge < -0.3 is 10.2 Å². The number of nitrogens with zero attached hydrogens (tertiary/aromatic N) is 2. The number of aromatic carboxylic acids is 1. The van der Waals surface area contributed by atoms with Crippen molar-refractivity contribution in [2.45, 2.75) is 6.18 Å². The first-order chi connectivity index (χ1) is 9.70. The molecule has 2 rings (SSSR count). The molecule has 21 heavy (non-hydrogen) atoms. The number of benzene rings is 1. The summed E-state index contributed by atoms with van der Waals surface area (Å²) in [6.45, 7) is 0. The van der Waals surface area contributed by atoms with Gasteiger partial charge in [0.1, 0.15) is 0 Å². The Bertz CT molecular complexity index is 768. The van der Waals surface area contributed by atoms with E-state index in [0.717, 1.165) is 18.2 Å². The van der Waals surface area contributed by atoms with Crippen LogP contribution < -0.4 is 10.7 Å². The molecule has 1 heterocycles. The minimum Gasteiger partial charge on any atom is -0.871 e. The lowest BCUT2D eigenvalue weighted by Gasteiger charge is -2.13. The Kier molecular flexibility index (Phi) is 3.42. The molecule has 6 nitrogen and oxygen atoms in total. The van der Waals surface area contributed by atoms with Gasteiger partial charge in [0.05, 0.1) is 11.3 Å². The summed E-state index contributed by atoms with van der Waals surface area (Å²) in [5.74, 6) is -2.79. The summed E-state index contributed by atoms with van der Waals surface area (Å²) >= 11 is 0. The first kappa shape index (κ1) is 14.6. The molecule has 1 aromatic heterocycles. The Labute approximate surface area is 114 Å². The first-order valence-corrected chi connectivity index (χ1v) is 5.42. The molecule has 0 saturated heterocycles. The highest BCUT2D eigenvalue weighted by Gasteiger charge is 2.30. The highest BCUT2D eigenvalue weighted by Crippen LogP contribution is 2.30. The summed E-state index contributed by atoms with van der Waals surface area (Å²) in [5.41, 5.74) is -3.30. The number of carboxylic acids is 1. The lowest BCUT2D eigenvalue weighted by atomic mass is 10.2. The smallest absolute Gasteiger partial charge is 0.416 e. The van der Waals surface area contributed by atoms with Crippen LogP contribution in [0, 0.1) is 0 Å². The second-order valence-electron chi connectivity index (χ2n) is 3.96. The van der Waals surface area contributed by atoms with Gasteiger partial charge in [-0.1, -0.05) is 11.8 Å². The van der Waals surface area contributed by atoms with Crippen molar-refractivity contribution in [1.29, 1.82) is 0 Å². The topological polar surface area (TPSA) is 95.2 Å². The number of carboxylic acid groups (broad SMARTS) is 1. The molecule has 0 aliphatic carbocycles. The molecular formula is C12H6F3N2O4-. The number of aromatic nitrogens is 2. The van der Waals surface area contributed by atoms with Gasteiger partial charge in [0, 0.05) is 0 Å². The fourth-order valence-corrected chi connectivity index (χ4v) is 1.59. The maximum atomic E-state index is 12.6. The molecule has 110 valence electrons. The standard InChI is InChI=1S/C12H7F3N2O4/c13-12(14,15)6-2-1-3-7(4-6)17-9(19)5-8(18)10(16-17)11(20)21/h1-5,18H,(H,20,21)/p-1. The summed E-state index contributed by atoms with van der Waals surface area (Å²) in [7, 11) is 0. The van der Waals surface area contributed by atoms with E-state index in [9.17, 15) is 27.9 Å². The number of alkyl halides is 3. The Morgan fingerprint density at radius 3 is 2.52 bits per heavy atom. The minimum atomic E-state index is -4.63. The molecular weight excluding hydrogens is 293 g/mol. The molecule has 0 bridgehead atoms. The van der Waals surface area contributed by atoms with Crippen molar-refractivity contribution >= 4 is 5.97 Å². The predicted octanol–water partition coefficient (Wildman–Crippen LogP) is 1.02. The second kappa shape index (κ2) is 4.93. The molecule has 0 unspecified atom stereocenters. The molecule has 0 aliphatic rings. The molecule has 1 N–H and O–H groups in total. The lowest BCUT2D eigenvalue weighted by Crippen LogP contribution is -2.25. The van der Waals surface area contributed by atoms with Gasteiger partial charge in [0.25, 0.3) is 5.56 Å². The van der Waals surface area contributed by atoms with E-state index in [0.29, 0.717) is 16.8 Å². The molecule has 0 spiro atoms. The number of hydrogen-bond donors (Lipinski definition) is 1. The molecule has 0 amide bonds. The van der Waals surface area contributed by atoms with E-state index in [1.807, 2.05) is 0 Å². The van der Waals surface area contributed by atoms with Crippen LogP contribution in [0.2, 0.25) is 0 Å². The third-order valence-corrected chi connectivity index (χ3v) is 2.52. The van der Waals surface area contributed by atoms with Gasteiger partial charge in [-0.25, -0.2) is 4.79 Å². The maximum Gasteiger partial charge on any atom is 0.416 e. The molecule has 9 heteroatoms. The average Bonchev–Trinajstić information content (AvgIpc) is 2.37. The van der Waals surface area contributed by atoms with E-state index in [2.05, 4.69) is 5.10 Å². The van der Waals surface area contributed by atoms with Crippen molar-refractivity contribution in [3.05, 3.63) is 51.9 Å². The van der Waals surface area contributed by atoms with Crippen LogP contribution in [0.1, 0.15) is 16.1 Å². The molecule has 1 aromatic carbocycles. The van der Waals surface area contributed by atoms with Crippen molar-refractivity contribution in [3.63, 3.8) is 0 Å². The Morgan fingerprint density at radius 1 is 1.29 bits per heavy atom. The van der Waals surface area contributed by atoms with Crippen molar-refractivity contribution in [2.24, 2.45) is 0 Å². The highest BCUT2D eigenvalue weighted by molar-refractivity contribution is 5.87. The van der Waals surface area contributed by atoms with Crippen LogP contribution in [-0.4, -0.2) is 20.9 Å². The minimum absolute atomic E-state index is 0.294. The zero-order valence-corrected chi connectivity index (χ0v) is 10.1. The first-order valence-electron chi connectivity index (χ1n) is 5.42. The summed E-state index contributed by atoms with van der Waals surface area (Å²) in [6, 6.07) is 4.05. The number of halogens is 3. The van der Waals surface area contributed by atoms with Gasteiger partial charge in [-0.2, -0.15) is 23.0 Å². The average molecular weight is 299 g/mol. The summed E-state index contributed by atoms with van der Waals surface area (Å²) in [4.78, 5) is 22.4. The monoisotopic (exact) mass is 299 g/mol. The Balaban J connectivity index is 2.65. The number of carbonyl (C=O) groups is 1. The maximum absolute atomic E-state index is 12.6. The van der Waals surface area contributed by atoms with E-state index in [-0.39, 0.29) is 5.69 Å². The molecule has 0 radical (unpaired) electrons. The van der Waals surface area contributed by atoms with Crippen LogP contribution in [0.25, 0.3) is 5.69 Å². The normalized spacial score (nSPS) is 11.4. The van der Waals surface area contributed by atoms with Crippen LogP contribution in [0.5, 0.6) is 5.75 Å². The molecule has 2 aromatic rings. The SMILES string of the molecule is O=C(O)c1nn(-c2cccc(C(F)(F)F)c2)c(=O)cc1[O-]. The van der Waals surface area contributed by atoms with Crippen molar-refractivity contribution in [1.82, 2.24) is 9.78 Å². The molecule has 0 fully saturated rings. The molecule has 0 atom stereocenters. The van der Waals surface area contributed by atoms with Crippen LogP contribution in [-0.2, 0) is 6.18 Å². The Morgan fingerprint density at radius 2 is 1.95 bits per heavy atom. The zero-order chi connectivity index (χ0) is 15.8. The van der Waals surface area contributed by atoms with Crippen LogP contribution in [0.15, 0.2) is 35.1 Å². The van der Waals surface area contributed by atoms with Crippen LogP contribution in [0.4, 0.5) is 13.2 Å². The molecule has 0 saturated carbocycles. The van der Waals surface area contributed by atoms with E-state index >= 15 is 0 Å². The van der Waals surface area contributed by atoms with Gasteiger partial charge in [0.15, 0.2) is 5.69 Å². The van der Waals surface area contributed by atoms with Gasteiger partial charge in [-0.05, 0) is 24.3 Å². The van der Waals surface area contributed by atoms with Crippen molar-refractivity contribution in [2.75, 3.05) is 0 Å². The largest absolute Gasteiger partial charge is 0.871 e. The third kappa shape index (κ3) is 2.86. The fourth-order valence-electron chi connectivity index (χ4n) is 1.59. The van der Waals surface area contributed by atoms with Gasteiger partial charge in [-0.3, -0.25) is 4.79 Å². The van der Waals surface area contributed by atoms with E-state index in [1.54, 1.807) is 0 Å². The van der Waals surface area contributed by atoms with Gasteiger partial charge in [-0.15, -0.1) is 0 Å². The quantitative estimate of drug-likeness (QED) is 0.893. The lowest BCUT2D eigenvalue weighted by molar-refractivity contribution is -0.269. The van der Waals surface area contributed by atoms with Crippen LogP contribution in [0.3, 0.4) is 0 Å². The van der Waals surface area contributed by atoms with Gasteiger partial charge in [0.2, 0.25) is 0 Å². The van der Waals surface area contributed by atoms with E-state index in [1.165, 1.54) is 0 Å². The molecule has 0 aliphatic heterocycles. The van der Waals surface area contributed by atoms with Gasteiger partial charge >= 0.3 is 12.1 Å². The summed E-state index contributed by atoms with van der Waals surface area (Å²) in [5, 5.41) is 23.3. The van der Waals surface area contributed by atoms with Crippen molar-refractivity contribution in [3.8, 4) is 11.4 Å². The van der Waals surface area contributed by atoms with E-state index < -0.39 is 34.7 Å². The Hall–Kier alpha value is -2.84. The fraction of sp³-hybridized carbons (Fsp3) is 0.0833. The highest BCUT2D eigenvalue weighted by atomic mass is 19.4.